The fourth-order valence-electron chi connectivity index (χ4n) is 2.46. The van der Waals surface area contributed by atoms with E-state index in [1.54, 1.807) is 17.1 Å². The van der Waals surface area contributed by atoms with E-state index >= 15 is 0 Å². The highest BCUT2D eigenvalue weighted by Crippen LogP contribution is 2.25. The van der Waals surface area contributed by atoms with Gasteiger partial charge in [0.1, 0.15) is 5.75 Å². The Morgan fingerprint density at radius 1 is 1.12 bits per heavy atom. The maximum atomic E-state index is 12.5. The van der Waals surface area contributed by atoms with Crippen molar-refractivity contribution in [3.63, 3.8) is 0 Å². The van der Waals surface area contributed by atoms with E-state index in [2.05, 4.69) is 10.4 Å². The van der Waals surface area contributed by atoms with Crippen LogP contribution in [0.4, 0.5) is 5.69 Å². The van der Waals surface area contributed by atoms with Crippen molar-refractivity contribution < 1.29 is 9.53 Å². The molecular weight excluding hydrogens is 314 g/mol. The van der Waals surface area contributed by atoms with Gasteiger partial charge in [0.2, 0.25) is 0 Å². The molecule has 0 unspecified atom stereocenters. The molecule has 1 heterocycles. The lowest BCUT2D eigenvalue weighted by molar-refractivity contribution is 0.102. The minimum Gasteiger partial charge on any atom is -0.489 e. The molecule has 5 heteroatoms. The first-order chi connectivity index (χ1) is 12.1. The van der Waals surface area contributed by atoms with Gasteiger partial charge in [-0.2, -0.15) is 5.10 Å². The van der Waals surface area contributed by atoms with Crippen LogP contribution in [0, 0.1) is 0 Å². The second-order valence-electron chi connectivity index (χ2n) is 6.03. The molecular formula is C20H21N3O2. The van der Waals surface area contributed by atoms with Crippen LogP contribution >= 0.6 is 0 Å². The molecule has 128 valence electrons. The third-order valence-electron chi connectivity index (χ3n) is 3.58. The fourth-order valence-corrected chi connectivity index (χ4v) is 2.46. The van der Waals surface area contributed by atoms with Gasteiger partial charge >= 0.3 is 0 Å². The monoisotopic (exact) mass is 335 g/mol. The van der Waals surface area contributed by atoms with E-state index in [1.807, 2.05) is 68.4 Å². The molecule has 1 amide bonds. The van der Waals surface area contributed by atoms with Crippen molar-refractivity contribution in [2.24, 2.45) is 0 Å². The topological polar surface area (TPSA) is 56.1 Å². The molecule has 25 heavy (non-hydrogen) atoms. The number of nitrogens with zero attached hydrogens (tertiary/aromatic N) is 2. The Kier molecular flexibility index (Phi) is 5.14. The Balaban J connectivity index is 1.70. The van der Waals surface area contributed by atoms with Crippen molar-refractivity contribution in [1.29, 1.82) is 0 Å². The summed E-state index contributed by atoms with van der Waals surface area (Å²) in [5, 5.41) is 7.16. The highest BCUT2D eigenvalue weighted by Gasteiger charge is 2.12. The lowest BCUT2D eigenvalue weighted by Crippen LogP contribution is -2.14. The average molecular weight is 335 g/mol. The van der Waals surface area contributed by atoms with Gasteiger partial charge in [-0.15, -0.1) is 0 Å². The molecule has 0 atom stereocenters. The number of hydrogen-bond donors (Lipinski definition) is 1. The Morgan fingerprint density at radius 2 is 1.84 bits per heavy atom. The zero-order chi connectivity index (χ0) is 17.6. The molecule has 3 rings (SSSR count). The first-order valence-electron chi connectivity index (χ1n) is 8.25. The number of anilines is 1. The predicted molar refractivity (Wildman–Crippen MR) is 97.9 cm³/mol. The number of nitrogens with one attached hydrogen (secondary N) is 1. The second kappa shape index (κ2) is 7.66. The van der Waals surface area contributed by atoms with Crippen molar-refractivity contribution in [2.75, 3.05) is 5.32 Å². The molecule has 1 N–H and O–H groups in total. The number of aromatic nitrogens is 2. The van der Waals surface area contributed by atoms with E-state index < -0.39 is 0 Å². The van der Waals surface area contributed by atoms with E-state index in [0.717, 1.165) is 5.56 Å². The molecule has 0 spiro atoms. The number of rotatable bonds is 6. The molecule has 0 fully saturated rings. The molecule has 2 aromatic carbocycles. The maximum absolute atomic E-state index is 12.5. The van der Waals surface area contributed by atoms with Gasteiger partial charge in [-0.1, -0.05) is 42.5 Å². The molecule has 0 aliphatic heterocycles. The van der Waals surface area contributed by atoms with E-state index in [4.69, 9.17) is 4.74 Å². The van der Waals surface area contributed by atoms with Crippen LogP contribution in [0.2, 0.25) is 0 Å². The van der Waals surface area contributed by atoms with Crippen LogP contribution in [0.25, 0.3) is 0 Å². The van der Waals surface area contributed by atoms with Gasteiger partial charge in [0, 0.05) is 6.20 Å². The van der Waals surface area contributed by atoms with Crippen LogP contribution < -0.4 is 10.1 Å². The number of ether oxygens (including phenoxy) is 1. The van der Waals surface area contributed by atoms with Crippen LogP contribution in [-0.2, 0) is 6.54 Å². The Hall–Kier alpha value is -3.08. The highest BCUT2D eigenvalue weighted by molar-refractivity contribution is 6.04. The standard InChI is InChI=1S/C20H21N3O2/c1-15(2)25-19-11-7-6-10-18(19)22-20(24)17-12-21-23(14-17)13-16-8-4-3-5-9-16/h3-12,14-15H,13H2,1-2H3,(H,22,24). The number of hydrogen-bond acceptors (Lipinski definition) is 3. The minimum atomic E-state index is -0.209. The smallest absolute Gasteiger partial charge is 0.258 e. The molecule has 5 nitrogen and oxygen atoms in total. The van der Waals surface area contributed by atoms with Crippen LogP contribution in [0.3, 0.4) is 0 Å². The highest BCUT2D eigenvalue weighted by atomic mass is 16.5. The van der Waals surface area contributed by atoms with E-state index in [-0.39, 0.29) is 12.0 Å². The second-order valence-corrected chi connectivity index (χ2v) is 6.03. The van der Waals surface area contributed by atoms with Crippen LogP contribution in [-0.4, -0.2) is 21.8 Å². The Bertz CT molecular complexity index is 841. The van der Waals surface area contributed by atoms with Gasteiger partial charge in [0.05, 0.1) is 30.1 Å². The van der Waals surface area contributed by atoms with Gasteiger partial charge in [-0.3, -0.25) is 9.48 Å². The molecule has 1 aromatic heterocycles. The van der Waals surface area contributed by atoms with Gasteiger partial charge in [0.25, 0.3) is 5.91 Å². The van der Waals surface area contributed by atoms with Crippen molar-refractivity contribution in [3.8, 4) is 5.75 Å². The van der Waals surface area contributed by atoms with Crippen LogP contribution in [0.5, 0.6) is 5.75 Å². The fraction of sp³-hybridized carbons (Fsp3) is 0.200. The maximum Gasteiger partial charge on any atom is 0.258 e. The quantitative estimate of drug-likeness (QED) is 0.741. The van der Waals surface area contributed by atoms with Gasteiger partial charge in [-0.25, -0.2) is 0 Å². The van der Waals surface area contributed by atoms with E-state index in [1.165, 1.54) is 0 Å². The SMILES string of the molecule is CC(C)Oc1ccccc1NC(=O)c1cnn(Cc2ccccc2)c1. The number of carbonyl (C=O) groups excluding carboxylic acids is 1. The molecule has 0 aliphatic carbocycles. The minimum absolute atomic E-state index is 0.0340. The molecule has 0 aliphatic rings. The Labute approximate surface area is 147 Å². The largest absolute Gasteiger partial charge is 0.489 e. The molecule has 0 bridgehead atoms. The molecule has 0 radical (unpaired) electrons. The first-order valence-corrected chi connectivity index (χ1v) is 8.25. The van der Waals surface area contributed by atoms with Crippen LogP contribution in [0.15, 0.2) is 67.0 Å². The van der Waals surface area contributed by atoms with Crippen molar-refractivity contribution in [1.82, 2.24) is 9.78 Å². The molecule has 0 saturated heterocycles. The predicted octanol–water partition coefficient (Wildman–Crippen LogP) is 3.97. The summed E-state index contributed by atoms with van der Waals surface area (Å²) >= 11 is 0. The summed E-state index contributed by atoms with van der Waals surface area (Å²) in [6.45, 7) is 4.53. The summed E-state index contributed by atoms with van der Waals surface area (Å²) in [5.41, 5.74) is 2.29. The first kappa shape index (κ1) is 16.8. The van der Waals surface area contributed by atoms with Crippen molar-refractivity contribution >= 4 is 11.6 Å². The average Bonchev–Trinajstić information content (AvgIpc) is 3.06. The molecule has 0 saturated carbocycles. The third kappa shape index (κ3) is 4.47. The van der Waals surface area contributed by atoms with Gasteiger partial charge in [0.15, 0.2) is 0 Å². The van der Waals surface area contributed by atoms with Crippen molar-refractivity contribution in [3.05, 3.63) is 78.1 Å². The van der Waals surface area contributed by atoms with Crippen molar-refractivity contribution in [2.45, 2.75) is 26.5 Å². The number of para-hydroxylation sites is 2. The molecule has 3 aromatic rings. The van der Waals surface area contributed by atoms with E-state index in [0.29, 0.717) is 23.5 Å². The van der Waals surface area contributed by atoms with Gasteiger partial charge in [-0.05, 0) is 31.5 Å². The normalized spacial score (nSPS) is 10.7. The summed E-state index contributed by atoms with van der Waals surface area (Å²) in [7, 11) is 0. The van der Waals surface area contributed by atoms with E-state index in [9.17, 15) is 4.79 Å². The van der Waals surface area contributed by atoms with Gasteiger partial charge < -0.3 is 10.1 Å². The Morgan fingerprint density at radius 3 is 2.60 bits per heavy atom. The summed E-state index contributed by atoms with van der Waals surface area (Å²) < 4.78 is 7.48. The zero-order valence-corrected chi connectivity index (χ0v) is 14.3. The summed E-state index contributed by atoms with van der Waals surface area (Å²) in [6.07, 6.45) is 3.35. The number of benzene rings is 2. The number of carbonyl (C=O) groups is 1. The number of amides is 1. The third-order valence-corrected chi connectivity index (χ3v) is 3.58. The summed E-state index contributed by atoms with van der Waals surface area (Å²) in [6, 6.07) is 17.4. The zero-order valence-electron chi connectivity index (χ0n) is 14.3. The summed E-state index contributed by atoms with van der Waals surface area (Å²) in [4.78, 5) is 12.5. The lowest BCUT2D eigenvalue weighted by atomic mass is 10.2. The van der Waals surface area contributed by atoms with Crippen LogP contribution in [0.1, 0.15) is 29.8 Å². The summed E-state index contributed by atoms with van der Waals surface area (Å²) in [5.74, 6) is 0.446. The lowest BCUT2D eigenvalue weighted by Gasteiger charge is -2.14.